The molecule has 0 radical (unpaired) electrons. The highest BCUT2D eigenvalue weighted by atomic mass is 32.1. The summed E-state index contributed by atoms with van der Waals surface area (Å²) in [5.41, 5.74) is 5.48. The summed E-state index contributed by atoms with van der Waals surface area (Å²) in [5.74, 6) is -0.203. The summed E-state index contributed by atoms with van der Waals surface area (Å²) >= 11 is 1.08. The van der Waals surface area contributed by atoms with Crippen molar-refractivity contribution >= 4 is 22.4 Å². The minimum atomic E-state index is -0.203. The molecule has 8 heteroatoms. The number of nitrogens with zero attached hydrogens (tertiary/aromatic N) is 3. The van der Waals surface area contributed by atoms with E-state index in [-0.39, 0.29) is 22.1 Å². The van der Waals surface area contributed by atoms with Crippen molar-refractivity contribution < 1.29 is 14.3 Å². The second-order valence-corrected chi connectivity index (χ2v) is 4.75. The van der Waals surface area contributed by atoms with E-state index in [0.717, 1.165) is 11.3 Å². The number of nitrogen functional groups attached to an aromatic ring is 1. The number of nitrogens with two attached hydrogens (primary N) is 1. The van der Waals surface area contributed by atoms with Crippen molar-refractivity contribution in [2.24, 2.45) is 0 Å². The van der Waals surface area contributed by atoms with Gasteiger partial charge in [0.2, 0.25) is 10.1 Å². The van der Waals surface area contributed by atoms with Gasteiger partial charge in [-0.1, -0.05) is 11.3 Å². The lowest BCUT2D eigenvalue weighted by Gasteiger charge is -2.27. The number of carbonyl (C=O) groups is 1. The molecule has 0 saturated heterocycles. The van der Waals surface area contributed by atoms with Crippen LogP contribution in [-0.4, -0.2) is 61.0 Å². The average molecular weight is 274 g/mol. The van der Waals surface area contributed by atoms with Crippen LogP contribution in [0.2, 0.25) is 0 Å². The number of ether oxygens (including phenoxy) is 2. The van der Waals surface area contributed by atoms with Gasteiger partial charge in [0.05, 0.1) is 19.3 Å². The van der Waals surface area contributed by atoms with Gasteiger partial charge in [-0.05, 0) is 6.92 Å². The van der Waals surface area contributed by atoms with Crippen molar-refractivity contribution in [2.75, 3.05) is 39.7 Å². The molecule has 0 saturated carbocycles. The lowest BCUT2D eigenvalue weighted by atomic mass is 10.3. The van der Waals surface area contributed by atoms with E-state index in [4.69, 9.17) is 15.2 Å². The molecule has 0 aliphatic carbocycles. The van der Waals surface area contributed by atoms with E-state index in [9.17, 15) is 4.79 Å². The first-order valence-corrected chi connectivity index (χ1v) is 6.29. The number of anilines is 1. The van der Waals surface area contributed by atoms with Gasteiger partial charge >= 0.3 is 0 Å². The summed E-state index contributed by atoms with van der Waals surface area (Å²) in [7, 11) is 3.19. The van der Waals surface area contributed by atoms with Crippen LogP contribution in [0.15, 0.2) is 0 Å². The minimum absolute atomic E-state index is 0.0669. The summed E-state index contributed by atoms with van der Waals surface area (Å²) in [6, 6.07) is -0.0669. The van der Waals surface area contributed by atoms with Crippen LogP contribution in [0, 0.1) is 0 Å². The van der Waals surface area contributed by atoms with Crippen LogP contribution in [0.1, 0.15) is 16.7 Å². The fourth-order valence-corrected chi connectivity index (χ4v) is 2.05. The van der Waals surface area contributed by atoms with Gasteiger partial charge < -0.3 is 20.1 Å². The molecule has 7 nitrogen and oxygen atoms in total. The Morgan fingerprint density at radius 2 is 2.17 bits per heavy atom. The monoisotopic (exact) mass is 274 g/mol. The number of hydrogen-bond donors (Lipinski definition) is 1. The third kappa shape index (κ3) is 3.90. The zero-order valence-corrected chi connectivity index (χ0v) is 11.6. The van der Waals surface area contributed by atoms with Crippen molar-refractivity contribution in [3.8, 4) is 0 Å². The molecule has 0 spiro atoms. The number of carbonyl (C=O) groups excluding carboxylic acids is 1. The molecule has 0 aromatic carbocycles. The molecule has 1 heterocycles. The fourth-order valence-electron chi connectivity index (χ4n) is 1.49. The topological polar surface area (TPSA) is 90.6 Å². The fraction of sp³-hybridized carbons (Fsp3) is 0.700. The van der Waals surface area contributed by atoms with Crippen LogP contribution < -0.4 is 5.73 Å². The van der Waals surface area contributed by atoms with E-state index in [1.54, 1.807) is 19.1 Å². The Kier molecular flexibility index (Phi) is 5.96. The second-order valence-electron chi connectivity index (χ2n) is 3.74. The highest BCUT2D eigenvalue weighted by Gasteiger charge is 2.24. The molecule has 1 rings (SSSR count). The number of rotatable bonds is 7. The number of amides is 1. The van der Waals surface area contributed by atoms with Crippen molar-refractivity contribution in [1.82, 2.24) is 15.1 Å². The van der Waals surface area contributed by atoms with Gasteiger partial charge in [-0.3, -0.25) is 4.79 Å². The largest absolute Gasteiger partial charge is 0.383 e. The maximum Gasteiger partial charge on any atom is 0.285 e. The molecule has 0 aliphatic rings. The van der Waals surface area contributed by atoms with Gasteiger partial charge in [-0.2, -0.15) is 0 Å². The van der Waals surface area contributed by atoms with E-state index >= 15 is 0 Å². The van der Waals surface area contributed by atoms with Crippen molar-refractivity contribution in [1.29, 1.82) is 0 Å². The van der Waals surface area contributed by atoms with E-state index in [0.29, 0.717) is 19.8 Å². The molecule has 1 unspecified atom stereocenters. The molecule has 0 fully saturated rings. The van der Waals surface area contributed by atoms with E-state index in [1.165, 1.54) is 0 Å². The summed E-state index contributed by atoms with van der Waals surface area (Å²) in [6.45, 7) is 3.28. The maximum absolute atomic E-state index is 12.2. The number of hydrogen-bond acceptors (Lipinski definition) is 7. The Balaban J connectivity index is 2.77. The van der Waals surface area contributed by atoms with Crippen molar-refractivity contribution in [2.45, 2.75) is 13.0 Å². The third-order valence-electron chi connectivity index (χ3n) is 2.36. The lowest BCUT2D eigenvalue weighted by molar-refractivity contribution is 0.0478. The molecule has 1 amide bonds. The first kappa shape index (κ1) is 14.8. The van der Waals surface area contributed by atoms with Crippen molar-refractivity contribution in [3.05, 3.63) is 5.01 Å². The number of aromatic nitrogens is 2. The van der Waals surface area contributed by atoms with Gasteiger partial charge in [0.25, 0.3) is 5.91 Å². The molecule has 1 aromatic heterocycles. The van der Waals surface area contributed by atoms with E-state index in [2.05, 4.69) is 10.2 Å². The molecule has 1 aromatic rings. The van der Waals surface area contributed by atoms with Crippen LogP contribution >= 0.6 is 11.3 Å². The first-order valence-electron chi connectivity index (χ1n) is 5.48. The summed E-state index contributed by atoms with van der Waals surface area (Å²) < 4.78 is 10.1. The second kappa shape index (κ2) is 7.24. The molecule has 102 valence electrons. The van der Waals surface area contributed by atoms with E-state index in [1.807, 2.05) is 6.92 Å². The molecule has 0 aliphatic heterocycles. The third-order valence-corrected chi connectivity index (χ3v) is 3.10. The van der Waals surface area contributed by atoms with Crippen molar-refractivity contribution in [3.63, 3.8) is 0 Å². The Hall–Kier alpha value is -1.25. The smallest absolute Gasteiger partial charge is 0.285 e. The average Bonchev–Trinajstić information content (AvgIpc) is 2.76. The maximum atomic E-state index is 12.2. The predicted octanol–water partition coefficient (Wildman–Crippen LogP) is 0.244. The van der Waals surface area contributed by atoms with Crippen LogP contribution in [0.25, 0.3) is 0 Å². The highest BCUT2D eigenvalue weighted by Crippen LogP contribution is 2.15. The predicted molar refractivity (Wildman–Crippen MR) is 68.6 cm³/mol. The van der Waals surface area contributed by atoms with Crippen LogP contribution in [0.5, 0.6) is 0 Å². The SMILES string of the molecule is COCCN(C(=O)c1nnc(N)s1)C(C)COC. The minimum Gasteiger partial charge on any atom is -0.383 e. The summed E-state index contributed by atoms with van der Waals surface area (Å²) in [6.07, 6.45) is 0. The molecular weight excluding hydrogens is 256 g/mol. The Labute approximate surface area is 110 Å². The van der Waals surface area contributed by atoms with Crippen LogP contribution in [0.4, 0.5) is 5.13 Å². The van der Waals surface area contributed by atoms with Gasteiger partial charge in [0.1, 0.15) is 0 Å². The summed E-state index contributed by atoms with van der Waals surface area (Å²) in [4.78, 5) is 13.9. The molecule has 18 heavy (non-hydrogen) atoms. The standard InChI is InChI=1S/C10H18N4O3S/c1-7(6-17-3)14(4-5-16-2)9(15)8-12-13-10(11)18-8/h7H,4-6H2,1-3H3,(H2,11,13). The summed E-state index contributed by atoms with van der Waals surface area (Å²) in [5, 5.41) is 7.97. The highest BCUT2D eigenvalue weighted by molar-refractivity contribution is 7.16. The zero-order chi connectivity index (χ0) is 13.5. The normalized spacial score (nSPS) is 12.4. The van der Waals surface area contributed by atoms with Gasteiger partial charge in [0.15, 0.2) is 0 Å². The molecule has 1 atom stereocenters. The van der Waals surface area contributed by atoms with Gasteiger partial charge in [-0.15, -0.1) is 10.2 Å². The number of methoxy groups -OCH3 is 2. The van der Waals surface area contributed by atoms with Crippen LogP contribution in [-0.2, 0) is 9.47 Å². The van der Waals surface area contributed by atoms with Crippen LogP contribution in [0.3, 0.4) is 0 Å². The molecule has 0 bridgehead atoms. The first-order chi connectivity index (χ1) is 8.60. The quantitative estimate of drug-likeness (QED) is 0.766. The van der Waals surface area contributed by atoms with Gasteiger partial charge in [0, 0.05) is 20.8 Å². The Morgan fingerprint density at radius 3 is 2.67 bits per heavy atom. The Bertz CT molecular complexity index is 385. The lowest BCUT2D eigenvalue weighted by Crippen LogP contribution is -2.43. The zero-order valence-electron chi connectivity index (χ0n) is 10.8. The molecular formula is C10H18N4O3S. The van der Waals surface area contributed by atoms with E-state index < -0.39 is 0 Å². The van der Waals surface area contributed by atoms with Gasteiger partial charge in [-0.25, -0.2) is 0 Å². The molecule has 2 N–H and O–H groups in total. The Morgan fingerprint density at radius 1 is 1.44 bits per heavy atom.